The standard InChI is InChI=1S/C17H13F2N5O3S/c18-15(19)14-7-13(9-1-2-9)23-16-12(8-21-24(14)16)17(25)22-10-3-5-11(6-4-10)28(20,26)27/h1-8,15,23H,(H,22,25)(H2,20,26,27). The van der Waals surface area contributed by atoms with Gasteiger partial charge in [0.2, 0.25) is 10.0 Å². The lowest BCUT2D eigenvalue weighted by molar-refractivity contribution is 0.102. The van der Waals surface area contributed by atoms with Crippen molar-refractivity contribution in [2.75, 3.05) is 10.6 Å². The van der Waals surface area contributed by atoms with Gasteiger partial charge in [0, 0.05) is 11.4 Å². The molecule has 4 N–H and O–H groups in total. The van der Waals surface area contributed by atoms with Gasteiger partial charge in [-0.25, -0.2) is 27.0 Å². The highest BCUT2D eigenvalue weighted by atomic mass is 32.2. The number of rotatable bonds is 4. The molecule has 144 valence electrons. The molecule has 4 rings (SSSR count). The maximum absolute atomic E-state index is 13.4. The van der Waals surface area contributed by atoms with Crippen molar-refractivity contribution >= 4 is 33.1 Å². The van der Waals surface area contributed by atoms with Crippen molar-refractivity contribution in [2.24, 2.45) is 5.14 Å². The molecule has 2 heterocycles. The number of halogens is 2. The first-order valence-electron chi connectivity index (χ1n) is 7.96. The Bertz CT molecular complexity index is 1170. The molecule has 0 atom stereocenters. The molecule has 28 heavy (non-hydrogen) atoms. The number of sulfonamides is 1. The zero-order chi connectivity index (χ0) is 20.1. The van der Waals surface area contributed by atoms with Crippen LogP contribution in [0, 0.1) is 0 Å². The Kier molecular flexibility index (Phi) is 4.12. The number of nitrogens with zero attached hydrogens (tertiary/aromatic N) is 2. The van der Waals surface area contributed by atoms with Crippen LogP contribution in [0.2, 0.25) is 0 Å². The second-order valence-electron chi connectivity index (χ2n) is 6.04. The summed E-state index contributed by atoms with van der Waals surface area (Å²) in [7, 11) is -3.85. The van der Waals surface area contributed by atoms with E-state index in [9.17, 15) is 22.0 Å². The van der Waals surface area contributed by atoms with Gasteiger partial charge < -0.3 is 10.6 Å². The highest BCUT2D eigenvalue weighted by Crippen LogP contribution is 2.34. The van der Waals surface area contributed by atoms with Crippen LogP contribution in [-0.4, -0.2) is 30.5 Å². The monoisotopic (exact) mass is 405 g/mol. The smallest absolute Gasteiger partial charge is 0.280 e. The fraction of sp³-hybridized carbons (Fsp3) is 0.0588. The number of hydrogen-bond acceptors (Lipinski definition) is 5. The minimum Gasteiger partial charge on any atom is -0.339 e. The molecular formula is C17H13F2N5O3S. The number of fused-ring (bicyclic) bond motifs is 1. The average molecular weight is 405 g/mol. The van der Waals surface area contributed by atoms with Gasteiger partial charge in [-0.05, 0) is 35.9 Å². The number of carbonyl (C=O) groups is 1. The first-order valence-corrected chi connectivity index (χ1v) is 9.50. The van der Waals surface area contributed by atoms with Crippen LogP contribution < -0.4 is 15.8 Å². The van der Waals surface area contributed by atoms with Crippen molar-refractivity contribution in [3.05, 3.63) is 65.5 Å². The van der Waals surface area contributed by atoms with E-state index in [0.717, 1.165) is 10.3 Å². The number of anilines is 2. The molecule has 1 aromatic carbocycles. The number of amides is 1. The number of nitrogens with one attached hydrogen (secondary N) is 2. The SMILES string of the molecule is NS(=O)(=O)c1ccc(NC(=O)c2cnn3c2NC(=C2C=C2)C=C3C(F)F)cc1. The molecule has 0 saturated carbocycles. The molecule has 0 fully saturated rings. The molecule has 0 spiro atoms. The van der Waals surface area contributed by atoms with E-state index < -0.39 is 22.4 Å². The summed E-state index contributed by atoms with van der Waals surface area (Å²) in [6.45, 7) is 0. The second-order valence-corrected chi connectivity index (χ2v) is 7.60. The van der Waals surface area contributed by atoms with Crippen molar-refractivity contribution in [3.63, 3.8) is 0 Å². The quantitative estimate of drug-likeness (QED) is 0.720. The Hall–Kier alpha value is -3.31. The molecule has 1 aliphatic heterocycles. The largest absolute Gasteiger partial charge is 0.339 e. The van der Waals surface area contributed by atoms with Gasteiger partial charge in [-0.3, -0.25) is 4.79 Å². The van der Waals surface area contributed by atoms with E-state index in [1.165, 1.54) is 36.5 Å². The summed E-state index contributed by atoms with van der Waals surface area (Å²) in [5.74, 6) is -0.478. The number of nitrogens with two attached hydrogens (primary N) is 1. The van der Waals surface area contributed by atoms with E-state index in [4.69, 9.17) is 5.14 Å². The molecule has 0 saturated heterocycles. The molecule has 0 bridgehead atoms. The van der Waals surface area contributed by atoms with E-state index in [1.54, 1.807) is 12.2 Å². The topological polar surface area (TPSA) is 119 Å². The molecule has 1 aromatic heterocycles. The molecule has 2 aromatic rings. The van der Waals surface area contributed by atoms with Gasteiger partial charge in [0.25, 0.3) is 12.3 Å². The van der Waals surface area contributed by atoms with Crippen molar-refractivity contribution in [1.29, 1.82) is 0 Å². The van der Waals surface area contributed by atoms with Crippen LogP contribution in [0.5, 0.6) is 0 Å². The molecular weight excluding hydrogens is 392 g/mol. The second kappa shape index (κ2) is 6.39. The van der Waals surface area contributed by atoms with E-state index in [2.05, 4.69) is 15.7 Å². The number of alkyl halides is 2. The molecule has 2 aliphatic rings. The fourth-order valence-corrected chi connectivity index (χ4v) is 3.18. The first-order chi connectivity index (χ1) is 13.2. The molecule has 11 heteroatoms. The Morgan fingerprint density at radius 3 is 2.46 bits per heavy atom. The number of allylic oxidation sites excluding steroid dienone is 5. The maximum atomic E-state index is 13.4. The number of aromatic nitrogens is 2. The minimum atomic E-state index is -3.85. The highest BCUT2D eigenvalue weighted by molar-refractivity contribution is 7.89. The van der Waals surface area contributed by atoms with Crippen molar-refractivity contribution in [3.8, 4) is 0 Å². The van der Waals surface area contributed by atoms with Crippen molar-refractivity contribution in [2.45, 2.75) is 11.3 Å². The van der Waals surface area contributed by atoms with Crippen molar-refractivity contribution in [1.82, 2.24) is 9.78 Å². The summed E-state index contributed by atoms with van der Waals surface area (Å²) >= 11 is 0. The lowest BCUT2D eigenvalue weighted by Crippen LogP contribution is -2.20. The normalized spacial score (nSPS) is 15.2. The molecule has 1 amide bonds. The van der Waals surface area contributed by atoms with Gasteiger partial charge in [0.05, 0.1) is 11.1 Å². The third kappa shape index (κ3) is 3.32. The van der Waals surface area contributed by atoms with Crippen LogP contribution in [0.25, 0.3) is 5.70 Å². The summed E-state index contributed by atoms with van der Waals surface area (Å²) in [5, 5.41) is 14.4. The fourth-order valence-electron chi connectivity index (χ4n) is 2.66. The van der Waals surface area contributed by atoms with Gasteiger partial charge in [0.15, 0.2) is 0 Å². The van der Waals surface area contributed by atoms with Crippen LogP contribution in [0.15, 0.2) is 64.9 Å². The third-order valence-electron chi connectivity index (χ3n) is 4.11. The third-order valence-corrected chi connectivity index (χ3v) is 5.04. The Morgan fingerprint density at radius 2 is 1.89 bits per heavy atom. The highest BCUT2D eigenvalue weighted by Gasteiger charge is 2.29. The Labute approximate surface area is 158 Å². The van der Waals surface area contributed by atoms with Gasteiger partial charge in [-0.1, -0.05) is 12.2 Å². The van der Waals surface area contributed by atoms with E-state index in [1.807, 2.05) is 0 Å². The first kappa shape index (κ1) is 18.1. The van der Waals surface area contributed by atoms with Crippen LogP contribution in [0.1, 0.15) is 10.4 Å². The summed E-state index contributed by atoms with van der Waals surface area (Å²) in [6, 6.07) is 5.23. The number of hydrogen-bond donors (Lipinski definition) is 3. The average Bonchev–Trinajstić information content (AvgIpc) is 3.39. The van der Waals surface area contributed by atoms with Crippen LogP contribution in [-0.2, 0) is 10.0 Å². The van der Waals surface area contributed by atoms with E-state index >= 15 is 0 Å². The lowest BCUT2D eigenvalue weighted by Gasteiger charge is -2.20. The predicted octanol–water partition coefficient (Wildman–Crippen LogP) is 2.14. The summed E-state index contributed by atoms with van der Waals surface area (Å²) < 4.78 is 50.3. The van der Waals surface area contributed by atoms with Crippen molar-refractivity contribution < 1.29 is 22.0 Å². The molecule has 0 radical (unpaired) electrons. The predicted molar refractivity (Wildman–Crippen MR) is 98.1 cm³/mol. The summed E-state index contributed by atoms with van der Waals surface area (Å²) in [6.07, 6.45) is 3.19. The molecule has 8 nitrogen and oxygen atoms in total. The molecule has 1 aliphatic carbocycles. The van der Waals surface area contributed by atoms with Crippen LogP contribution in [0.4, 0.5) is 20.3 Å². The number of primary sulfonamides is 1. The maximum Gasteiger partial charge on any atom is 0.280 e. The van der Waals surface area contributed by atoms with E-state index in [0.29, 0.717) is 11.4 Å². The Balaban J connectivity index is 1.62. The van der Waals surface area contributed by atoms with Gasteiger partial charge >= 0.3 is 0 Å². The Morgan fingerprint density at radius 1 is 1.21 bits per heavy atom. The molecule has 0 unspecified atom stereocenters. The van der Waals surface area contributed by atoms with E-state index in [-0.39, 0.29) is 22.0 Å². The minimum absolute atomic E-state index is 0.0560. The van der Waals surface area contributed by atoms with Crippen LogP contribution >= 0.6 is 0 Å². The van der Waals surface area contributed by atoms with Crippen LogP contribution in [0.3, 0.4) is 0 Å². The lowest BCUT2D eigenvalue weighted by atomic mass is 10.2. The van der Waals surface area contributed by atoms with Gasteiger partial charge in [-0.15, -0.1) is 0 Å². The number of carbonyl (C=O) groups excluding carboxylic acids is 1. The van der Waals surface area contributed by atoms with Gasteiger partial charge in [0.1, 0.15) is 17.1 Å². The summed E-state index contributed by atoms with van der Waals surface area (Å²) in [4.78, 5) is 12.5. The van der Waals surface area contributed by atoms with Gasteiger partial charge in [-0.2, -0.15) is 5.10 Å². The zero-order valence-corrected chi connectivity index (χ0v) is 14.9. The summed E-state index contributed by atoms with van der Waals surface area (Å²) in [5.41, 5.74) is 1.23. The number of benzene rings is 1. The zero-order valence-electron chi connectivity index (χ0n) is 14.1.